The first-order valence-electron chi connectivity index (χ1n) is 7.14. The molecule has 0 bridgehead atoms. The molecule has 2 rings (SSSR count). The van der Waals surface area contributed by atoms with Crippen molar-refractivity contribution in [1.29, 1.82) is 0 Å². The molecular formula is C16H21NO3S. The largest absolute Gasteiger partial charge is 0.337 e. The highest BCUT2D eigenvalue weighted by Gasteiger charge is 2.24. The Labute approximate surface area is 128 Å². The zero-order valence-electron chi connectivity index (χ0n) is 12.7. The van der Waals surface area contributed by atoms with Crippen LogP contribution in [0.25, 0.3) is 0 Å². The number of aryl methyl sites for hydroxylation is 1. The summed E-state index contributed by atoms with van der Waals surface area (Å²) in [5.41, 5.74) is 2.00. The van der Waals surface area contributed by atoms with Crippen molar-refractivity contribution in [2.24, 2.45) is 5.92 Å². The lowest BCUT2D eigenvalue weighted by Gasteiger charge is -2.22. The second-order valence-corrected chi connectivity index (χ2v) is 7.37. The number of carbonyl (C=O) groups is 2. The fraction of sp³-hybridized carbons (Fsp3) is 0.500. The Morgan fingerprint density at radius 1 is 1.33 bits per heavy atom. The highest BCUT2D eigenvalue weighted by atomic mass is 32.2. The molecule has 0 aromatic heterocycles. The number of nitrogens with zero attached hydrogens (tertiary/aromatic N) is 1. The third-order valence-corrected chi connectivity index (χ3v) is 5.32. The van der Waals surface area contributed by atoms with Crippen molar-refractivity contribution in [3.63, 3.8) is 0 Å². The van der Waals surface area contributed by atoms with Gasteiger partial charge in [0.1, 0.15) is 0 Å². The Kier molecular flexibility index (Phi) is 4.93. The van der Waals surface area contributed by atoms with Crippen molar-refractivity contribution >= 4 is 22.5 Å². The third-order valence-electron chi connectivity index (χ3n) is 3.74. The second-order valence-electron chi connectivity index (χ2n) is 5.75. The average molecular weight is 307 g/mol. The lowest BCUT2D eigenvalue weighted by Crippen LogP contribution is -2.35. The maximum atomic E-state index is 12.6. The summed E-state index contributed by atoms with van der Waals surface area (Å²) in [5, 5.41) is 0. The molecule has 1 fully saturated rings. The quantitative estimate of drug-likeness (QED) is 0.786. The van der Waals surface area contributed by atoms with Crippen LogP contribution in [-0.2, 0) is 10.8 Å². The van der Waals surface area contributed by atoms with Gasteiger partial charge >= 0.3 is 0 Å². The van der Waals surface area contributed by atoms with Crippen molar-refractivity contribution in [2.45, 2.75) is 20.8 Å². The lowest BCUT2D eigenvalue weighted by atomic mass is 10.0. The van der Waals surface area contributed by atoms with E-state index < -0.39 is 10.8 Å². The van der Waals surface area contributed by atoms with E-state index in [9.17, 15) is 13.8 Å². The molecule has 1 aromatic carbocycles. The van der Waals surface area contributed by atoms with Crippen LogP contribution in [0, 0.1) is 12.8 Å². The molecule has 114 valence electrons. The van der Waals surface area contributed by atoms with E-state index in [-0.39, 0.29) is 17.6 Å². The van der Waals surface area contributed by atoms with Crippen LogP contribution in [0.4, 0.5) is 0 Å². The Morgan fingerprint density at radius 3 is 2.71 bits per heavy atom. The fourth-order valence-electron chi connectivity index (χ4n) is 2.63. The molecule has 1 saturated heterocycles. The first-order chi connectivity index (χ1) is 9.88. The molecule has 2 atom stereocenters. The average Bonchev–Trinajstić information content (AvgIpc) is 2.59. The van der Waals surface area contributed by atoms with E-state index in [2.05, 4.69) is 0 Å². The van der Waals surface area contributed by atoms with Crippen molar-refractivity contribution in [3.8, 4) is 0 Å². The van der Waals surface area contributed by atoms with E-state index in [1.807, 2.05) is 19.9 Å². The molecule has 21 heavy (non-hydrogen) atoms. The van der Waals surface area contributed by atoms with Crippen LogP contribution in [-0.4, -0.2) is 45.4 Å². The molecule has 0 spiro atoms. The Hall–Kier alpha value is -1.49. The van der Waals surface area contributed by atoms with Gasteiger partial charge in [-0.15, -0.1) is 0 Å². The topological polar surface area (TPSA) is 54.5 Å². The van der Waals surface area contributed by atoms with E-state index in [0.717, 1.165) is 5.56 Å². The first-order valence-corrected chi connectivity index (χ1v) is 8.63. The highest BCUT2D eigenvalue weighted by Crippen LogP contribution is 2.16. The number of Topliss-reactive ketones (excluding diaryl/α,β-unsaturated/α-hetero) is 1. The second kappa shape index (κ2) is 6.52. The number of amides is 1. The van der Waals surface area contributed by atoms with Gasteiger partial charge in [0, 0.05) is 46.5 Å². The summed E-state index contributed by atoms with van der Waals surface area (Å²) in [6.45, 7) is 6.52. The molecule has 1 heterocycles. The summed E-state index contributed by atoms with van der Waals surface area (Å²) in [6.07, 6.45) is 0. The van der Waals surface area contributed by atoms with Gasteiger partial charge in [-0.1, -0.05) is 13.0 Å². The number of hydrogen-bond donors (Lipinski definition) is 0. The molecule has 1 aromatic rings. The Morgan fingerprint density at radius 2 is 2.05 bits per heavy atom. The van der Waals surface area contributed by atoms with Crippen LogP contribution < -0.4 is 0 Å². The van der Waals surface area contributed by atoms with E-state index >= 15 is 0 Å². The molecule has 0 unspecified atom stereocenters. The smallest absolute Gasteiger partial charge is 0.253 e. The zero-order valence-corrected chi connectivity index (χ0v) is 13.5. The van der Waals surface area contributed by atoms with E-state index in [1.54, 1.807) is 17.0 Å². The SMILES string of the molecule is CC(=O)c1cc(C(=O)N2CC[S@@](=O)C[C@@H](C)C2)ccc1C. The van der Waals surface area contributed by atoms with Gasteiger partial charge in [-0.25, -0.2) is 0 Å². The Bertz CT molecular complexity index is 597. The van der Waals surface area contributed by atoms with Gasteiger partial charge in [-0.05, 0) is 37.5 Å². The minimum Gasteiger partial charge on any atom is -0.337 e. The van der Waals surface area contributed by atoms with Crippen molar-refractivity contribution in [2.75, 3.05) is 24.6 Å². The summed E-state index contributed by atoms with van der Waals surface area (Å²) in [4.78, 5) is 26.0. The predicted octanol–water partition coefficient (Wildman–Crippen LogP) is 2.04. The summed E-state index contributed by atoms with van der Waals surface area (Å²) < 4.78 is 11.7. The van der Waals surface area contributed by atoms with Crippen LogP contribution >= 0.6 is 0 Å². The molecule has 4 nitrogen and oxygen atoms in total. The summed E-state index contributed by atoms with van der Waals surface area (Å²) in [7, 11) is -0.845. The monoisotopic (exact) mass is 307 g/mol. The molecule has 1 aliphatic heterocycles. The van der Waals surface area contributed by atoms with Gasteiger partial charge in [-0.2, -0.15) is 0 Å². The molecule has 0 radical (unpaired) electrons. The number of benzene rings is 1. The maximum absolute atomic E-state index is 12.6. The van der Waals surface area contributed by atoms with E-state index in [0.29, 0.717) is 35.7 Å². The molecule has 0 aliphatic carbocycles. The molecule has 1 amide bonds. The number of carbonyl (C=O) groups excluding carboxylic acids is 2. The van der Waals surface area contributed by atoms with Gasteiger partial charge in [0.2, 0.25) is 0 Å². The van der Waals surface area contributed by atoms with Crippen LogP contribution in [0.15, 0.2) is 18.2 Å². The number of ketones is 1. The van der Waals surface area contributed by atoms with Gasteiger partial charge in [-0.3, -0.25) is 13.8 Å². The van der Waals surface area contributed by atoms with Crippen LogP contribution in [0.5, 0.6) is 0 Å². The summed E-state index contributed by atoms with van der Waals surface area (Å²) in [5.74, 6) is 1.29. The lowest BCUT2D eigenvalue weighted by molar-refractivity contribution is 0.0751. The predicted molar refractivity (Wildman–Crippen MR) is 84.1 cm³/mol. The molecule has 0 N–H and O–H groups in total. The van der Waals surface area contributed by atoms with Gasteiger partial charge in [0.25, 0.3) is 5.91 Å². The van der Waals surface area contributed by atoms with Gasteiger partial charge in [0.15, 0.2) is 5.78 Å². The van der Waals surface area contributed by atoms with Crippen LogP contribution in [0.1, 0.15) is 40.1 Å². The zero-order chi connectivity index (χ0) is 15.6. The maximum Gasteiger partial charge on any atom is 0.253 e. The summed E-state index contributed by atoms with van der Waals surface area (Å²) in [6, 6.07) is 5.24. The first kappa shape index (κ1) is 15.9. The summed E-state index contributed by atoms with van der Waals surface area (Å²) >= 11 is 0. The van der Waals surface area contributed by atoms with E-state index in [1.165, 1.54) is 6.92 Å². The molecule has 1 aliphatic rings. The Balaban J connectivity index is 2.25. The normalized spacial score (nSPS) is 22.7. The third kappa shape index (κ3) is 3.79. The molecule has 0 saturated carbocycles. The van der Waals surface area contributed by atoms with Crippen molar-refractivity contribution in [1.82, 2.24) is 4.90 Å². The van der Waals surface area contributed by atoms with E-state index in [4.69, 9.17) is 0 Å². The number of rotatable bonds is 2. The highest BCUT2D eigenvalue weighted by molar-refractivity contribution is 7.85. The standard InChI is InChI=1S/C16H21NO3S/c1-11-9-17(6-7-21(20)10-11)16(19)14-5-4-12(2)15(8-14)13(3)18/h4-5,8,11H,6-7,9-10H2,1-3H3/t11-,21+/m0/s1. The fourth-order valence-corrected chi connectivity index (χ4v) is 3.97. The minimum absolute atomic E-state index is 0.0347. The minimum atomic E-state index is -0.845. The molecule has 5 heteroatoms. The van der Waals surface area contributed by atoms with Crippen LogP contribution in [0.2, 0.25) is 0 Å². The van der Waals surface area contributed by atoms with Crippen molar-refractivity contribution in [3.05, 3.63) is 34.9 Å². The van der Waals surface area contributed by atoms with Crippen LogP contribution in [0.3, 0.4) is 0 Å². The number of hydrogen-bond acceptors (Lipinski definition) is 3. The van der Waals surface area contributed by atoms with Gasteiger partial charge in [0.05, 0.1) is 0 Å². The van der Waals surface area contributed by atoms with Crippen molar-refractivity contribution < 1.29 is 13.8 Å². The van der Waals surface area contributed by atoms with Gasteiger partial charge < -0.3 is 4.90 Å². The molecular weight excluding hydrogens is 286 g/mol.